The molecule has 1 aliphatic carbocycles. The maximum absolute atomic E-state index is 13.3. The molecule has 0 spiro atoms. The summed E-state index contributed by atoms with van der Waals surface area (Å²) in [5.74, 6) is 0.458. The molecule has 1 fully saturated rings. The number of benzene rings is 1. The van der Waals surface area contributed by atoms with Gasteiger partial charge in [-0.05, 0) is 63.8 Å². The lowest BCUT2D eigenvalue weighted by Gasteiger charge is -2.27. The van der Waals surface area contributed by atoms with Crippen molar-refractivity contribution in [2.45, 2.75) is 51.6 Å². The van der Waals surface area contributed by atoms with Crippen molar-refractivity contribution in [2.24, 2.45) is 7.05 Å². The van der Waals surface area contributed by atoms with Crippen LogP contribution >= 0.6 is 0 Å². The quantitative estimate of drug-likeness (QED) is 0.868. The Morgan fingerprint density at radius 1 is 1.31 bits per heavy atom. The largest absolute Gasteiger partial charge is 0.366 e. The molecule has 0 aliphatic heterocycles. The summed E-state index contributed by atoms with van der Waals surface area (Å²) in [7, 11) is 1.85. The second-order valence-corrected chi connectivity index (χ2v) is 7.82. The summed E-state index contributed by atoms with van der Waals surface area (Å²) in [5, 5.41) is 7.44. The molecule has 2 aromatic rings. The first-order valence-corrected chi connectivity index (χ1v) is 9.01. The average molecular weight is 359 g/mol. The number of hydrogen-bond donors (Lipinski definition) is 1. The lowest BCUT2D eigenvalue weighted by atomic mass is 9.79. The van der Waals surface area contributed by atoms with Crippen LogP contribution in [0.1, 0.15) is 51.5 Å². The number of halogens is 1. The first kappa shape index (κ1) is 18.6. The first-order valence-electron chi connectivity index (χ1n) is 9.01. The van der Waals surface area contributed by atoms with Crippen molar-refractivity contribution in [1.82, 2.24) is 9.78 Å². The Labute approximate surface area is 153 Å². The summed E-state index contributed by atoms with van der Waals surface area (Å²) >= 11 is 0. The topological polar surface area (TPSA) is 56.2 Å². The standard InChI is InChI=1S/C20H26FN3O2/c1-20(2,3)26-12-16(25)22-19-17(13-6-5-7-13)18(24(4)23-19)14-8-10-15(21)11-9-14/h8-11,13H,5-7,12H2,1-4H3,(H,22,23,25). The van der Waals surface area contributed by atoms with Gasteiger partial charge < -0.3 is 10.1 Å². The van der Waals surface area contributed by atoms with E-state index in [2.05, 4.69) is 10.4 Å². The van der Waals surface area contributed by atoms with Gasteiger partial charge in [-0.3, -0.25) is 9.48 Å². The van der Waals surface area contributed by atoms with Gasteiger partial charge in [0.1, 0.15) is 12.4 Å². The zero-order valence-corrected chi connectivity index (χ0v) is 15.8. The molecule has 0 radical (unpaired) electrons. The van der Waals surface area contributed by atoms with Crippen molar-refractivity contribution < 1.29 is 13.9 Å². The van der Waals surface area contributed by atoms with Crippen molar-refractivity contribution in [2.75, 3.05) is 11.9 Å². The summed E-state index contributed by atoms with van der Waals surface area (Å²) in [5.41, 5.74) is 2.49. The van der Waals surface area contributed by atoms with E-state index in [1.807, 2.05) is 27.8 Å². The minimum Gasteiger partial charge on any atom is -0.366 e. The third-order valence-electron chi connectivity index (χ3n) is 4.61. The minimum atomic E-state index is -0.377. The van der Waals surface area contributed by atoms with Gasteiger partial charge in [-0.15, -0.1) is 0 Å². The molecule has 6 heteroatoms. The third-order valence-corrected chi connectivity index (χ3v) is 4.61. The Hall–Kier alpha value is -2.21. The SMILES string of the molecule is Cn1nc(NC(=O)COC(C)(C)C)c(C2CCC2)c1-c1ccc(F)cc1. The highest BCUT2D eigenvalue weighted by molar-refractivity contribution is 5.92. The van der Waals surface area contributed by atoms with Crippen LogP contribution in [0.4, 0.5) is 10.2 Å². The number of carbonyl (C=O) groups excluding carboxylic acids is 1. The third kappa shape index (κ3) is 4.12. The van der Waals surface area contributed by atoms with Gasteiger partial charge in [0.25, 0.3) is 5.91 Å². The molecule has 0 atom stereocenters. The number of nitrogens with zero attached hydrogens (tertiary/aromatic N) is 2. The van der Waals surface area contributed by atoms with Crippen LogP contribution in [0.2, 0.25) is 0 Å². The van der Waals surface area contributed by atoms with E-state index in [-0.39, 0.29) is 23.9 Å². The highest BCUT2D eigenvalue weighted by Crippen LogP contribution is 2.44. The molecule has 1 aliphatic rings. The molecule has 1 N–H and O–H groups in total. The van der Waals surface area contributed by atoms with Gasteiger partial charge in [0.2, 0.25) is 0 Å². The van der Waals surface area contributed by atoms with Crippen LogP contribution in [-0.4, -0.2) is 27.9 Å². The normalized spacial score (nSPS) is 15.0. The summed E-state index contributed by atoms with van der Waals surface area (Å²) in [6.07, 6.45) is 3.31. The molecule has 5 nitrogen and oxygen atoms in total. The Balaban J connectivity index is 1.89. The highest BCUT2D eigenvalue weighted by Gasteiger charge is 2.30. The number of anilines is 1. The summed E-state index contributed by atoms with van der Waals surface area (Å²) in [4.78, 5) is 12.3. The molecule has 1 heterocycles. The molecular formula is C20H26FN3O2. The van der Waals surface area contributed by atoms with Crippen molar-refractivity contribution in [3.63, 3.8) is 0 Å². The maximum Gasteiger partial charge on any atom is 0.251 e. The van der Waals surface area contributed by atoms with Crippen molar-refractivity contribution in [1.29, 1.82) is 0 Å². The number of ether oxygens (including phenoxy) is 1. The van der Waals surface area contributed by atoms with Crippen LogP contribution in [0, 0.1) is 5.82 Å². The highest BCUT2D eigenvalue weighted by atomic mass is 19.1. The zero-order chi connectivity index (χ0) is 18.9. The number of aryl methyl sites for hydroxylation is 1. The van der Waals surface area contributed by atoms with E-state index in [0.29, 0.717) is 11.7 Å². The van der Waals surface area contributed by atoms with Gasteiger partial charge in [-0.25, -0.2) is 4.39 Å². The van der Waals surface area contributed by atoms with Crippen LogP contribution in [0.25, 0.3) is 11.3 Å². The number of rotatable bonds is 5. The van der Waals surface area contributed by atoms with E-state index in [1.165, 1.54) is 18.6 Å². The number of hydrogen-bond acceptors (Lipinski definition) is 3. The Kier molecular flexibility index (Phi) is 5.14. The molecule has 1 aromatic carbocycles. The van der Waals surface area contributed by atoms with Crippen molar-refractivity contribution >= 4 is 11.7 Å². The van der Waals surface area contributed by atoms with Gasteiger partial charge in [0, 0.05) is 18.2 Å². The van der Waals surface area contributed by atoms with Crippen LogP contribution in [0.3, 0.4) is 0 Å². The predicted molar refractivity (Wildman–Crippen MR) is 99.5 cm³/mol. The first-order chi connectivity index (χ1) is 12.2. The molecule has 26 heavy (non-hydrogen) atoms. The second-order valence-electron chi connectivity index (χ2n) is 7.82. The van der Waals surface area contributed by atoms with Crippen LogP contribution in [-0.2, 0) is 16.6 Å². The van der Waals surface area contributed by atoms with E-state index in [0.717, 1.165) is 29.7 Å². The van der Waals surface area contributed by atoms with E-state index in [1.54, 1.807) is 16.8 Å². The minimum absolute atomic E-state index is 0.0178. The van der Waals surface area contributed by atoms with Gasteiger partial charge in [0.15, 0.2) is 5.82 Å². The summed E-state index contributed by atoms with van der Waals surface area (Å²) in [6.45, 7) is 5.71. The number of nitrogens with one attached hydrogen (secondary N) is 1. The van der Waals surface area contributed by atoms with Crippen LogP contribution < -0.4 is 5.32 Å². The molecule has 0 saturated heterocycles. The van der Waals surface area contributed by atoms with Gasteiger partial charge in [-0.1, -0.05) is 6.42 Å². The number of amides is 1. The Bertz CT molecular complexity index is 787. The summed E-state index contributed by atoms with van der Waals surface area (Å²) < 4.78 is 20.6. The molecule has 140 valence electrons. The van der Waals surface area contributed by atoms with Crippen LogP contribution in [0.5, 0.6) is 0 Å². The maximum atomic E-state index is 13.3. The molecule has 1 saturated carbocycles. The molecule has 0 bridgehead atoms. The van der Waals surface area contributed by atoms with E-state index in [4.69, 9.17) is 4.74 Å². The Morgan fingerprint density at radius 3 is 2.50 bits per heavy atom. The van der Waals surface area contributed by atoms with Gasteiger partial charge in [0.05, 0.1) is 11.3 Å². The molecule has 1 amide bonds. The predicted octanol–water partition coefficient (Wildman–Crippen LogP) is 4.25. The fourth-order valence-corrected chi connectivity index (χ4v) is 3.12. The van der Waals surface area contributed by atoms with Gasteiger partial charge in [-0.2, -0.15) is 5.10 Å². The second kappa shape index (κ2) is 7.19. The van der Waals surface area contributed by atoms with E-state index in [9.17, 15) is 9.18 Å². The lowest BCUT2D eigenvalue weighted by molar-refractivity contribution is -0.125. The molecule has 3 rings (SSSR count). The fraction of sp³-hybridized carbons (Fsp3) is 0.500. The number of carbonyl (C=O) groups is 1. The number of aromatic nitrogens is 2. The average Bonchev–Trinajstić information content (AvgIpc) is 2.80. The smallest absolute Gasteiger partial charge is 0.251 e. The van der Waals surface area contributed by atoms with Crippen molar-refractivity contribution in [3.05, 3.63) is 35.6 Å². The summed E-state index contributed by atoms with van der Waals surface area (Å²) in [6, 6.07) is 6.40. The van der Waals surface area contributed by atoms with E-state index < -0.39 is 0 Å². The molecule has 0 unspecified atom stereocenters. The lowest BCUT2D eigenvalue weighted by Crippen LogP contribution is -2.27. The molecular weight excluding hydrogens is 333 g/mol. The Morgan fingerprint density at radius 2 is 1.96 bits per heavy atom. The van der Waals surface area contributed by atoms with Crippen molar-refractivity contribution in [3.8, 4) is 11.3 Å². The van der Waals surface area contributed by atoms with Crippen LogP contribution in [0.15, 0.2) is 24.3 Å². The van der Waals surface area contributed by atoms with E-state index >= 15 is 0 Å². The zero-order valence-electron chi connectivity index (χ0n) is 15.8. The molecule has 1 aromatic heterocycles. The monoisotopic (exact) mass is 359 g/mol. The fourth-order valence-electron chi connectivity index (χ4n) is 3.12. The van der Waals surface area contributed by atoms with Gasteiger partial charge >= 0.3 is 0 Å².